The van der Waals surface area contributed by atoms with Crippen molar-refractivity contribution < 1.29 is 5.11 Å². The zero-order chi connectivity index (χ0) is 14.6. The van der Waals surface area contributed by atoms with Crippen molar-refractivity contribution in [3.8, 4) is 0 Å². The second-order valence-electron chi connectivity index (χ2n) is 6.31. The Kier molecular flexibility index (Phi) is 5.22. The molecule has 0 aromatic carbocycles. The van der Waals surface area contributed by atoms with Gasteiger partial charge in [0, 0.05) is 18.5 Å². The van der Waals surface area contributed by atoms with Crippen molar-refractivity contribution in [2.75, 3.05) is 6.54 Å². The van der Waals surface area contributed by atoms with Gasteiger partial charge in [0.1, 0.15) is 6.10 Å². The van der Waals surface area contributed by atoms with E-state index in [4.69, 9.17) is 5.73 Å². The molecule has 1 atom stereocenters. The van der Waals surface area contributed by atoms with E-state index in [0.29, 0.717) is 6.54 Å². The lowest BCUT2D eigenvalue weighted by Crippen LogP contribution is -2.40. The zero-order valence-electron chi connectivity index (χ0n) is 12.9. The van der Waals surface area contributed by atoms with Crippen LogP contribution in [0.5, 0.6) is 0 Å². The van der Waals surface area contributed by atoms with E-state index in [1.54, 1.807) is 12.5 Å². The lowest BCUT2D eigenvalue weighted by Gasteiger charge is -2.43. The van der Waals surface area contributed by atoms with Gasteiger partial charge in [-0.25, -0.2) is 4.98 Å². The van der Waals surface area contributed by atoms with Crippen molar-refractivity contribution in [3.05, 3.63) is 18.2 Å². The van der Waals surface area contributed by atoms with Crippen molar-refractivity contribution >= 4 is 0 Å². The summed E-state index contributed by atoms with van der Waals surface area (Å²) in [5.74, 6) is 0.822. The highest BCUT2D eigenvalue weighted by molar-refractivity contribution is 5.09. The summed E-state index contributed by atoms with van der Waals surface area (Å²) in [7, 11) is 0. The first-order valence-corrected chi connectivity index (χ1v) is 8.05. The summed E-state index contributed by atoms with van der Waals surface area (Å²) in [4.78, 5) is 4.18. The standard InChI is InChI=1S/C16H29N3O/c1-3-5-13-6-8-16(11-17,9-7-13)15(20)14-10-18-12-19(14)4-2/h10,12-13,15,20H,3-9,11,17H2,1-2H3. The number of aryl methyl sites for hydroxylation is 1. The molecule has 1 aromatic heterocycles. The molecule has 3 N–H and O–H groups in total. The number of aliphatic hydroxyl groups excluding tert-OH is 1. The van der Waals surface area contributed by atoms with E-state index in [9.17, 15) is 5.11 Å². The second kappa shape index (κ2) is 6.72. The summed E-state index contributed by atoms with van der Waals surface area (Å²) in [6, 6.07) is 0. The Morgan fingerprint density at radius 3 is 2.70 bits per heavy atom. The van der Waals surface area contributed by atoms with Gasteiger partial charge in [0.2, 0.25) is 0 Å². The van der Waals surface area contributed by atoms with Gasteiger partial charge in [-0.3, -0.25) is 0 Å². The van der Waals surface area contributed by atoms with Crippen LogP contribution in [0.15, 0.2) is 12.5 Å². The first-order valence-electron chi connectivity index (χ1n) is 8.05. The minimum absolute atomic E-state index is 0.156. The van der Waals surface area contributed by atoms with E-state index >= 15 is 0 Å². The summed E-state index contributed by atoms with van der Waals surface area (Å²) in [5.41, 5.74) is 6.83. The molecule has 1 saturated carbocycles. The molecule has 1 unspecified atom stereocenters. The molecule has 1 heterocycles. The molecule has 1 aliphatic rings. The highest BCUT2D eigenvalue weighted by Crippen LogP contribution is 2.47. The molecule has 4 nitrogen and oxygen atoms in total. The lowest BCUT2D eigenvalue weighted by molar-refractivity contribution is -0.0154. The number of nitrogens with two attached hydrogens (primary N) is 1. The number of aliphatic hydroxyl groups is 1. The minimum atomic E-state index is -0.488. The Morgan fingerprint density at radius 1 is 1.45 bits per heavy atom. The average Bonchev–Trinajstić information content (AvgIpc) is 2.96. The summed E-state index contributed by atoms with van der Waals surface area (Å²) in [5, 5.41) is 10.9. The van der Waals surface area contributed by atoms with Gasteiger partial charge < -0.3 is 15.4 Å². The van der Waals surface area contributed by atoms with Gasteiger partial charge in [-0.05, 0) is 38.5 Å². The largest absolute Gasteiger partial charge is 0.386 e. The van der Waals surface area contributed by atoms with Crippen LogP contribution in [0, 0.1) is 11.3 Å². The molecular weight excluding hydrogens is 250 g/mol. The van der Waals surface area contributed by atoms with E-state index in [0.717, 1.165) is 31.0 Å². The summed E-state index contributed by atoms with van der Waals surface area (Å²) in [6.07, 6.45) is 10.1. The first kappa shape index (κ1) is 15.5. The van der Waals surface area contributed by atoms with Crippen LogP contribution < -0.4 is 5.73 Å². The van der Waals surface area contributed by atoms with Gasteiger partial charge in [0.05, 0.1) is 18.2 Å². The number of hydrogen-bond acceptors (Lipinski definition) is 3. The molecule has 1 aromatic rings. The SMILES string of the molecule is CCCC1CCC(CN)(C(O)c2cncn2CC)CC1. The van der Waals surface area contributed by atoms with Crippen molar-refractivity contribution in [2.24, 2.45) is 17.1 Å². The van der Waals surface area contributed by atoms with Crippen molar-refractivity contribution in [3.63, 3.8) is 0 Å². The molecule has 2 rings (SSSR count). The van der Waals surface area contributed by atoms with E-state index < -0.39 is 6.10 Å². The fourth-order valence-corrected chi connectivity index (χ4v) is 3.68. The number of imidazole rings is 1. The van der Waals surface area contributed by atoms with E-state index in [1.165, 1.54) is 25.7 Å². The molecule has 1 fully saturated rings. The maximum Gasteiger partial charge on any atom is 0.102 e. The monoisotopic (exact) mass is 279 g/mol. The Labute approximate surface area is 122 Å². The highest BCUT2D eigenvalue weighted by atomic mass is 16.3. The molecular formula is C16H29N3O. The van der Waals surface area contributed by atoms with Gasteiger partial charge >= 0.3 is 0 Å². The Hall–Kier alpha value is -0.870. The number of aromatic nitrogens is 2. The molecule has 0 amide bonds. The Balaban J connectivity index is 2.12. The molecule has 0 bridgehead atoms. The predicted octanol–water partition coefficient (Wildman–Crippen LogP) is 2.87. The van der Waals surface area contributed by atoms with Crippen LogP contribution >= 0.6 is 0 Å². The predicted molar refractivity (Wildman–Crippen MR) is 81.2 cm³/mol. The third-order valence-corrected chi connectivity index (χ3v) is 5.15. The van der Waals surface area contributed by atoms with Crippen molar-refractivity contribution in [1.29, 1.82) is 0 Å². The van der Waals surface area contributed by atoms with Gasteiger partial charge in [0.15, 0.2) is 0 Å². The van der Waals surface area contributed by atoms with Crippen LogP contribution in [0.25, 0.3) is 0 Å². The zero-order valence-corrected chi connectivity index (χ0v) is 12.9. The molecule has 0 saturated heterocycles. The highest BCUT2D eigenvalue weighted by Gasteiger charge is 2.41. The molecule has 114 valence electrons. The van der Waals surface area contributed by atoms with Gasteiger partial charge in [0.25, 0.3) is 0 Å². The first-order chi connectivity index (χ1) is 9.66. The van der Waals surface area contributed by atoms with Gasteiger partial charge in [-0.2, -0.15) is 0 Å². The fourth-order valence-electron chi connectivity index (χ4n) is 3.68. The quantitative estimate of drug-likeness (QED) is 0.841. The van der Waals surface area contributed by atoms with Crippen LogP contribution in [0.2, 0.25) is 0 Å². The van der Waals surface area contributed by atoms with Crippen molar-refractivity contribution in [1.82, 2.24) is 9.55 Å². The normalized spacial score (nSPS) is 28.5. The van der Waals surface area contributed by atoms with E-state index in [2.05, 4.69) is 18.8 Å². The number of hydrogen-bond donors (Lipinski definition) is 2. The van der Waals surface area contributed by atoms with E-state index in [1.807, 2.05) is 4.57 Å². The Morgan fingerprint density at radius 2 is 2.15 bits per heavy atom. The van der Waals surface area contributed by atoms with Crippen LogP contribution in [-0.4, -0.2) is 21.2 Å². The molecule has 20 heavy (non-hydrogen) atoms. The minimum Gasteiger partial charge on any atom is -0.386 e. The van der Waals surface area contributed by atoms with Gasteiger partial charge in [-0.1, -0.05) is 19.8 Å². The third-order valence-electron chi connectivity index (χ3n) is 5.15. The topological polar surface area (TPSA) is 64.1 Å². The fraction of sp³-hybridized carbons (Fsp3) is 0.812. The summed E-state index contributed by atoms with van der Waals surface area (Å²) in [6.45, 7) is 5.72. The summed E-state index contributed by atoms with van der Waals surface area (Å²) < 4.78 is 2.03. The molecule has 0 aliphatic heterocycles. The lowest BCUT2D eigenvalue weighted by atomic mass is 9.66. The summed E-state index contributed by atoms with van der Waals surface area (Å²) >= 11 is 0. The van der Waals surface area contributed by atoms with Crippen LogP contribution in [0.3, 0.4) is 0 Å². The number of rotatable bonds is 6. The number of nitrogens with zero attached hydrogens (tertiary/aromatic N) is 2. The second-order valence-corrected chi connectivity index (χ2v) is 6.31. The Bertz CT molecular complexity index is 408. The molecule has 1 aliphatic carbocycles. The van der Waals surface area contributed by atoms with Crippen molar-refractivity contribution in [2.45, 2.75) is 65.0 Å². The van der Waals surface area contributed by atoms with Crippen LogP contribution in [0.4, 0.5) is 0 Å². The maximum absolute atomic E-state index is 10.9. The van der Waals surface area contributed by atoms with E-state index in [-0.39, 0.29) is 5.41 Å². The smallest absolute Gasteiger partial charge is 0.102 e. The van der Waals surface area contributed by atoms with Crippen LogP contribution in [0.1, 0.15) is 64.2 Å². The average molecular weight is 279 g/mol. The van der Waals surface area contributed by atoms with Gasteiger partial charge in [-0.15, -0.1) is 0 Å². The van der Waals surface area contributed by atoms with Crippen LogP contribution in [-0.2, 0) is 6.54 Å². The third kappa shape index (κ3) is 2.91. The maximum atomic E-state index is 10.9. The molecule has 0 spiro atoms. The molecule has 0 radical (unpaired) electrons. The molecule has 4 heteroatoms.